The van der Waals surface area contributed by atoms with Gasteiger partial charge >= 0.3 is 0 Å². The zero-order valence-corrected chi connectivity index (χ0v) is 20.2. The minimum absolute atomic E-state index is 0.180. The molecule has 12 heteroatoms. The molecule has 0 saturated heterocycles. The van der Waals surface area contributed by atoms with Crippen LogP contribution >= 0.6 is 46.1 Å². The second-order valence-corrected chi connectivity index (χ2v) is 10.6. The molecule has 0 aliphatic heterocycles. The van der Waals surface area contributed by atoms with Crippen LogP contribution in [0.1, 0.15) is 13.3 Å². The number of hydrogen-bond donors (Lipinski definition) is 1. The van der Waals surface area contributed by atoms with Crippen molar-refractivity contribution in [2.45, 2.75) is 19.4 Å². The van der Waals surface area contributed by atoms with Gasteiger partial charge < -0.3 is 0 Å². The molecular weight excluding hydrogens is 503 g/mol. The predicted octanol–water partition coefficient (Wildman–Crippen LogP) is 5.35. The Balaban J connectivity index is 1.87. The van der Waals surface area contributed by atoms with Gasteiger partial charge in [-0.2, -0.15) is 0 Å². The molecule has 1 unspecified atom stereocenters. The Morgan fingerprint density at radius 3 is 2.35 bits per heavy atom. The summed E-state index contributed by atoms with van der Waals surface area (Å²) < 4.78 is 26.1. The van der Waals surface area contributed by atoms with Crippen LogP contribution in [0.25, 0.3) is 10.6 Å². The van der Waals surface area contributed by atoms with Crippen LogP contribution in [0.4, 0.5) is 10.8 Å². The van der Waals surface area contributed by atoms with Crippen molar-refractivity contribution in [2.75, 3.05) is 15.9 Å². The number of nitrogens with zero attached hydrogens (tertiary/aromatic N) is 3. The maximum atomic E-state index is 13.0. The van der Waals surface area contributed by atoms with E-state index < -0.39 is 22.0 Å². The molecule has 0 radical (unpaired) electrons. The number of halogens is 3. The predicted molar refractivity (Wildman–Crippen MR) is 127 cm³/mol. The third kappa shape index (κ3) is 5.67. The fourth-order valence-electron chi connectivity index (χ4n) is 2.85. The Labute approximate surface area is 199 Å². The van der Waals surface area contributed by atoms with Crippen LogP contribution in [-0.4, -0.2) is 36.8 Å². The lowest BCUT2D eigenvalue weighted by Crippen LogP contribution is -2.47. The molecule has 31 heavy (non-hydrogen) atoms. The minimum atomic E-state index is -3.81. The van der Waals surface area contributed by atoms with Gasteiger partial charge in [0, 0.05) is 10.6 Å². The normalized spacial score (nSPS) is 12.4. The first-order valence-corrected chi connectivity index (χ1v) is 12.7. The second kappa shape index (κ2) is 9.70. The molecule has 164 valence electrons. The molecule has 1 N–H and O–H groups in total. The lowest BCUT2D eigenvalue weighted by molar-refractivity contribution is -0.117. The summed E-state index contributed by atoms with van der Waals surface area (Å²) >= 11 is 19.1. The monoisotopic (exact) mass is 518 g/mol. The summed E-state index contributed by atoms with van der Waals surface area (Å²) in [5.74, 6) is -0.544. The number of hydrogen-bond acceptors (Lipinski definition) is 6. The fourth-order valence-corrected chi connectivity index (χ4v) is 5.23. The van der Waals surface area contributed by atoms with Crippen molar-refractivity contribution in [1.29, 1.82) is 0 Å². The fraction of sp³-hybridized carbons (Fsp3) is 0.211. The number of rotatable bonds is 7. The van der Waals surface area contributed by atoms with Gasteiger partial charge in [-0.15, -0.1) is 10.2 Å². The smallest absolute Gasteiger partial charge is 0.250 e. The zero-order chi connectivity index (χ0) is 22.8. The van der Waals surface area contributed by atoms with E-state index in [4.69, 9.17) is 34.8 Å². The van der Waals surface area contributed by atoms with Crippen LogP contribution in [0.2, 0.25) is 15.1 Å². The maximum Gasteiger partial charge on any atom is 0.250 e. The average Bonchev–Trinajstić information content (AvgIpc) is 3.16. The van der Waals surface area contributed by atoms with Crippen molar-refractivity contribution in [1.82, 2.24) is 10.2 Å². The topological polar surface area (TPSA) is 92.3 Å². The Morgan fingerprint density at radius 1 is 1.10 bits per heavy atom. The largest absolute Gasteiger partial charge is 0.299 e. The highest BCUT2D eigenvalue weighted by Crippen LogP contribution is 2.31. The summed E-state index contributed by atoms with van der Waals surface area (Å²) in [7, 11) is -3.81. The molecule has 0 spiro atoms. The minimum Gasteiger partial charge on any atom is -0.299 e. The molecule has 0 aliphatic carbocycles. The van der Waals surface area contributed by atoms with E-state index in [0.717, 1.165) is 27.5 Å². The SMILES string of the molecule is CCC(C(=O)Nc1nnc(-c2ccc(Cl)cc2)s1)N(c1ccc(Cl)c(Cl)c1)S(C)(=O)=O. The summed E-state index contributed by atoms with van der Waals surface area (Å²) in [6, 6.07) is 10.4. The van der Waals surface area contributed by atoms with E-state index in [1.54, 1.807) is 31.2 Å². The molecule has 3 aromatic rings. The van der Waals surface area contributed by atoms with Crippen LogP contribution in [0, 0.1) is 0 Å². The van der Waals surface area contributed by atoms with Gasteiger partial charge in [0.25, 0.3) is 0 Å². The summed E-state index contributed by atoms with van der Waals surface area (Å²) in [5.41, 5.74) is 1.03. The van der Waals surface area contributed by atoms with Gasteiger partial charge in [0.05, 0.1) is 22.0 Å². The van der Waals surface area contributed by atoms with E-state index in [2.05, 4.69) is 15.5 Å². The van der Waals surface area contributed by atoms with Gasteiger partial charge in [0.1, 0.15) is 11.0 Å². The maximum absolute atomic E-state index is 13.0. The van der Waals surface area contributed by atoms with E-state index in [0.29, 0.717) is 10.0 Å². The first kappa shape index (κ1) is 23.7. The summed E-state index contributed by atoms with van der Waals surface area (Å²) in [5, 5.41) is 12.6. The van der Waals surface area contributed by atoms with Gasteiger partial charge in [-0.05, 0) is 36.8 Å². The van der Waals surface area contributed by atoms with Gasteiger partial charge in [-0.3, -0.25) is 14.4 Å². The quantitative estimate of drug-likeness (QED) is 0.454. The molecule has 2 aromatic carbocycles. The van der Waals surface area contributed by atoms with Crippen molar-refractivity contribution < 1.29 is 13.2 Å². The third-order valence-electron chi connectivity index (χ3n) is 4.23. The molecule has 0 bridgehead atoms. The number of carbonyl (C=O) groups excluding carboxylic acids is 1. The van der Waals surface area contributed by atoms with Crippen LogP contribution < -0.4 is 9.62 Å². The number of nitrogens with one attached hydrogen (secondary N) is 1. The summed E-state index contributed by atoms with van der Waals surface area (Å²) in [6.07, 6.45) is 1.23. The van der Waals surface area contributed by atoms with Crippen LogP contribution in [0.15, 0.2) is 42.5 Å². The molecule has 1 heterocycles. The van der Waals surface area contributed by atoms with E-state index >= 15 is 0 Å². The number of aromatic nitrogens is 2. The molecule has 0 saturated carbocycles. The number of carbonyl (C=O) groups is 1. The Morgan fingerprint density at radius 2 is 1.77 bits per heavy atom. The zero-order valence-electron chi connectivity index (χ0n) is 16.3. The average molecular weight is 520 g/mol. The van der Waals surface area contributed by atoms with E-state index in [9.17, 15) is 13.2 Å². The lowest BCUT2D eigenvalue weighted by Gasteiger charge is -2.30. The van der Waals surface area contributed by atoms with Gasteiger partial charge in [0.2, 0.25) is 21.1 Å². The number of sulfonamides is 1. The van der Waals surface area contributed by atoms with Crippen molar-refractivity contribution in [3.63, 3.8) is 0 Å². The molecule has 7 nitrogen and oxygen atoms in total. The van der Waals surface area contributed by atoms with Gasteiger partial charge in [-0.1, -0.05) is 65.2 Å². The molecule has 3 rings (SSSR count). The standard InChI is InChI=1S/C19H17Cl3N4O3S2/c1-3-16(26(31(2,28)29)13-8-9-14(21)15(22)10-13)17(27)23-19-25-24-18(30-19)11-4-6-12(20)7-5-11/h4-10,16H,3H2,1-2H3,(H,23,25,27). The highest BCUT2D eigenvalue weighted by Gasteiger charge is 2.32. The van der Waals surface area contributed by atoms with E-state index in [-0.39, 0.29) is 27.3 Å². The number of anilines is 2. The van der Waals surface area contributed by atoms with Crippen LogP contribution in [-0.2, 0) is 14.8 Å². The number of benzene rings is 2. The first-order chi connectivity index (χ1) is 14.6. The Bertz CT molecular complexity index is 1200. The molecular formula is C19H17Cl3N4O3S2. The Kier molecular flexibility index (Phi) is 7.43. The summed E-state index contributed by atoms with van der Waals surface area (Å²) in [6.45, 7) is 1.71. The van der Waals surface area contributed by atoms with Crippen LogP contribution in [0.5, 0.6) is 0 Å². The lowest BCUT2D eigenvalue weighted by atomic mass is 10.2. The highest BCUT2D eigenvalue weighted by molar-refractivity contribution is 7.92. The van der Waals surface area contributed by atoms with E-state index in [1.807, 2.05) is 0 Å². The van der Waals surface area contributed by atoms with Gasteiger partial charge in [-0.25, -0.2) is 8.42 Å². The number of amides is 1. The summed E-state index contributed by atoms with van der Waals surface area (Å²) in [4.78, 5) is 13.0. The van der Waals surface area contributed by atoms with Crippen molar-refractivity contribution in [2.24, 2.45) is 0 Å². The van der Waals surface area contributed by atoms with Gasteiger partial charge in [0.15, 0.2) is 0 Å². The van der Waals surface area contributed by atoms with Crippen molar-refractivity contribution >= 4 is 72.9 Å². The molecule has 1 atom stereocenters. The molecule has 1 amide bonds. The first-order valence-electron chi connectivity index (χ1n) is 8.95. The van der Waals surface area contributed by atoms with Crippen LogP contribution in [0.3, 0.4) is 0 Å². The molecule has 0 aliphatic rings. The van der Waals surface area contributed by atoms with Crippen molar-refractivity contribution in [3.05, 3.63) is 57.5 Å². The Hall–Kier alpha value is -1.91. The van der Waals surface area contributed by atoms with E-state index in [1.165, 1.54) is 18.2 Å². The highest BCUT2D eigenvalue weighted by atomic mass is 35.5. The van der Waals surface area contributed by atoms with Crippen molar-refractivity contribution in [3.8, 4) is 10.6 Å². The second-order valence-electron chi connectivity index (χ2n) is 6.49. The third-order valence-corrected chi connectivity index (χ3v) is 7.29. The molecule has 1 aromatic heterocycles. The molecule has 0 fully saturated rings.